The minimum absolute atomic E-state index is 0.0240. The molecule has 1 heterocycles. The van der Waals surface area contributed by atoms with Crippen molar-refractivity contribution in [1.82, 2.24) is 10.3 Å². The topological polar surface area (TPSA) is 38.1 Å². The maximum atomic E-state index is 13.8. The molecule has 0 aliphatic carbocycles. The molecule has 6 heteroatoms. The van der Waals surface area contributed by atoms with Gasteiger partial charge in [0.2, 0.25) is 0 Å². The lowest BCUT2D eigenvalue weighted by Crippen LogP contribution is -2.23. The summed E-state index contributed by atoms with van der Waals surface area (Å²) in [5.41, 5.74) is 0.0240. The molecule has 114 valence electrons. The molecule has 0 fully saturated rings. The van der Waals surface area contributed by atoms with Crippen LogP contribution in [0, 0.1) is 11.6 Å². The lowest BCUT2D eigenvalue weighted by molar-refractivity contribution is 0.481. The summed E-state index contributed by atoms with van der Waals surface area (Å²) >= 11 is 5.52. The Bertz CT molecular complexity index is 614. The largest absolute Gasteiger partial charge is 0.441 e. The quantitative estimate of drug-likeness (QED) is 0.641. The van der Waals surface area contributed by atoms with E-state index < -0.39 is 11.6 Å². The number of nitrogens with zero attached hydrogens (tertiary/aromatic N) is 1. The van der Waals surface area contributed by atoms with Crippen molar-refractivity contribution in [2.24, 2.45) is 0 Å². The highest BCUT2D eigenvalue weighted by Crippen LogP contribution is 2.28. The first-order valence-corrected chi connectivity index (χ1v) is 7.18. The summed E-state index contributed by atoms with van der Waals surface area (Å²) in [7, 11) is 0. The van der Waals surface area contributed by atoms with Gasteiger partial charge < -0.3 is 9.73 Å². The normalized spacial score (nSPS) is 11.3. The summed E-state index contributed by atoms with van der Waals surface area (Å²) in [5, 5.41) is 3.03. The van der Waals surface area contributed by atoms with Gasteiger partial charge in [-0.3, -0.25) is 0 Å². The molecule has 0 saturated heterocycles. The number of hydrogen-bond acceptors (Lipinski definition) is 3. The molecule has 2 rings (SSSR count). The third-order valence-electron chi connectivity index (χ3n) is 2.95. The van der Waals surface area contributed by atoms with Crippen molar-refractivity contribution in [3.8, 4) is 11.3 Å². The maximum Gasteiger partial charge on any atom is 0.194 e. The lowest BCUT2D eigenvalue weighted by atomic mass is 10.1. The molecule has 1 aromatic carbocycles. The molecule has 2 aromatic rings. The standard InChI is InChI=1S/C15H17ClF2N2O/c1-9(2)19-5-3-4-15-20-8-14(21-15)10-6-13(18)11(16)7-12(10)17/h6-9,19H,3-5H2,1-2H3. The fraction of sp³-hybridized carbons (Fsp3) is 0.400. The van der Waals surface area contributed by atoms with Gasteiger partial charge in [0.15, 0.2) is 11.7 Å². The first-order chi connectivity index (χ1) is 9.97. The highest BCUT2D eigenvalue weighted by molar-refractivity contribution is 6.30. The molecule has 0 radical (unpaired) electrons. The molecular formula is C15H17ClF2N2O. The zero-order valence-corrected chi connectivity index (χ0v) is 12.7. The van der Waals surface area contributed by atoms with E-state index >= 15 is 0 Å². The van der Waals surface area contributed by atoms with E-state index in [-0.39, 0.29) is 16.3 Å². The average Bonchev–Trinajstić information content (AvgIpc) is 2.87. The molecule has 0 spiro atoms. The van der Waals surface area contributed by atoms with E-state index in [1.54, 1.807) is 0 Å². The molecule has 0 bridgehead atoms. The van der Waals surface area contributed by atoms with Gasteiger partial charge in [-0.15, -0.1) is 0 Å². The van der Waals surface area contributed by atoms with Crippen molar-refractivity contribution >= 4 is 11.6 Å². The van der Waals surface area contributed by atoms with Gasteiger partial charge in [-0.05, 0) is 25.1 Å². The van der Waals surface area contributed by atoms with Gasteiger partial charge in [0.25, 0.3) is 0 Å². The van der Waals surface area contributed by atoms with E-state index in [9.17, 15) is 8.78 Å². The molecule has 0 aliphatic heterocycles. The third-order valence-corrected chi connectivity index (χ3v) is 3.24. The average molecular weight is 315 g/mol. The fourth-order valence-corrected chi connectivity index (χ4v) is 2.04. The minimum atomic E-state index is -0.688. The Morgan fingerprint density at radius 2 is 2.05 bits per heavy atom. The van der Waals surface area contributed by atoms with Crippen LogP contribution in [-0.2, 0) is 6.42 Å². The maximum absolute atomic E-state index is 13.8. The number of aryl methyl sites for hydroxylation is 1. The number of oxazole rings is 1. The van der Waals surface area contributed by atoms with E-state index in [2.05, 4.69) is 24.1 Å². The van der Waals surface area contributed by atoms with Gasteiger partial charge >= 0.3 is 0 Å². The summed E-state index contributed by atoms with van der Waals surface area (Å²) < 4.78 is 32.6. The first kappa shape index (κ1) is 15.9. The van der Waals surface area contributed by atoms with E-state index in [1.165, 1.54) is 6.20 Å². The van der Waals surface area contributed by atoms with Crippen LogP contribution < -0.4 is 5.32 Å². The van der Waals surface area contributed by atoms with Crippen LogP contribution in [0.1, 0.15) is 26.2 Å². The van der Waals surface area contributed by atoms with E-state index in [0.717, 1.165) is 25.1 Å². The predicted molar refractivity (Wildman–Crippen MR) is 78.3 cm³/mol. The Labute approximate surface area is 127 Å². The zero-order valence-electron chi connectivity index (χ0n) is 11.9. The molecule has 0 amide bonds. The second-order valence-electron chi connectivity index (χ2n) is 5.08. The number of hydrogen-bond donors (Lipinski definition) is 1. The van der Waals surface area contributed by atoms with Crippen molar-refractivity contribution in [3.63, 3.8) is 0 Å². The van der Waals surface area contributed by atoms with Gasteiger partial charge in [-0.1, -0.05) is 25.4 Å². The molecule has 0 saturated carbocycles. The van der Waals surface area contributed by atoms with Gasteiger partial charge in [-0.2, -0.15) is 0 Å². The summed E-state index contributed by atoms with van der Waals surface area (Å²) in [5.74, 6) is -0.613. The number of nitrogens with one attached hydrogen (secondary N) is 1. The Morgan fingerprint density at radius 3 is 2.76 bits per heavy atom. The number of halogens is 3. The first-order valence-electron chi connectivity index (χ1n) is 6.80. The van der Waals surface area contributed by atoms with Crippen LogP contribution in [0.25, 0.3) is 11.3 Å². The summed E-state index contributed by atoms with van der Waals surface area (Å²) in [4.78, 5) is 4.09. The Morgan fingerprint density at radius 1 is 1.29 bits per heavy atom. The number of aromatic nitrogens is 1. The Kier molecular flexibility index (Phi) is 5.31. The van der Waals surface area contributed by atoms with E-state index in [0.29, 0.717) is 18.4 Å². The van der Waals surface area contributed by atoms with Crippen molar-refractivity contribution in [3.05, 3.63) is 40.9 Å². The van der Waals surface area contributed by atoms with Gasteiger partial charge in [0, 0.05) is 12.5 Å². The lowest BCUT2D eigenvalue weighted by Gasteiger charge is -2.06. The summed E-state index contributed by atoms with van der Waals surface area (Å²) in [6, 6.07) is 2.37. The second kappa shape index (κ2) is 7.00. The summed E-state index contributed by atoms with van der Waals surface area (Å²) in [6.07, 6.45) is 2.89. The SMILES string of the molecule is CC(C)NCCCc1ncc(-c2cc(F)c(Cl)cc2F)o1. The zero-order chi connectivity index (χ0) is 15.4. The summed E-state index contributed by atoms with van der Waals surface area (Å²) in [6.45, 7) is 4.99. The molecule has 1 N–H and O–H groups in total. The molecule has 21 heavy (non-hydrogen) atoms. The molecule has 0 atom stereocenters. The molecule has 0 aliphatic rings. The molecule has 3 nitrogen and oxygen atoms in total. The van der Waals surface area contributed by atoms with Crippen LogP contribution >= 0.6 is 11.6 Å². The van der Waals surface area contributed by atoms with Crippen LogP contribution in [0.15, 0.2) is 22.7 Å². The van der Waals surface area contributed by atoms with Gasteiger partial charge in [-0.25, -0.2) is 13.8 Å². The van der Waals surface area contributed by atoms with Crippen molar-refractivity contribution in [2.45, 2.75) is 32.7 Å². The van der Waals surface area contributed by atoms with Gasteiger partial charge in [0.1, 0.15) is 11.6 Å². The van der Waals surface area contributed by atoms with Crippen molar-refractivity contribution < 1.29 is 13.2 Å². The highest BCUT2D eigenvalue weighted by atomic mass is 35.5. The van der Waals surface area contributed by atoms with Crippen molar-refractivity contribution in [2.75, 3.05) is 6.54 Å². The van der Waals surface area contributed by atoms with Crippen LogP contribution in [-0.4, -0.2) is 17.6 Å². The third kappa shape index (κ3) is 4.25. The van der Waals surface area contributed by atoms with Gasteiger partial charge in [0.05, 0.1) is 16.8 Å². The number of benzene rings is 1. The Hall–Kier alpha value is -1.46. The molecular weight excluding hydrogens is 298 g/mol. The smallest absolute Gasteiger partial charge is 0.194 e. The van der Waals surface area contributed by atoms with E-state index in [1.807, 2.05) is 0 Å². The van der Waals surface area contributed by atoms with Crippen LogP contribution in [0.4, 0.5) is 8.78 Å². The highest BCUT2D eigenvalue weighted by Gasteiger charge is 2.14. The molecule has 1 aromatic heterocycles. The predicted octanol–water partition coefficient (Wildman–Crippen LogP) is 4.20. The second-order valence-corrected chi connectivity index (χ2v) is 5.48. The minimum Gasteiger partial charge on any atom is -0.441 e. The van der Waals surface area contributed by atoms with Crippen LogP contribution in [0.3, 0.4) is 0 Å². The fourth-order valence-electron chi connectivity index (χ4n) is 1.89. The monoisotopic (exact) mass is 314 g/mol. The number of rotatable bonds is 6. The van der Waals surface area contributed by atoms with E-state index in [4.69, 9.17) is 16.0 Å². The van der Waals surface area contributed by atoms with Crippen molar-refractivity contribution in [1.29, 1.82) is 0 Å². The Balaban J connectivity index is 2.04. The molecule has 0 unspecified atom stereocenters. The van der Waals surface area contributed by atoms with Crippen LogP contribution in [0.5, 0.6) is 0 Å². The van der Waals surface area contributed by atoms with Crippen LogP contribution in [0.2, 0.25) is 5.02 Å².